The fraction of sp³-hybridized carbons (Fsp3) is 0.737. The van der Waals surface area contributed by atoms with Gasteiger partial charge < -0.3 is 10.2 Å². The second kappa shape index (κ2) is 5.94. The molecule has 6 heteroatoms. The zero-order valence-corrected chi connectivity index (χ0v) is 15.0. The van der Waals surface area contributed by atoms with Crippen molar-refractivity contribution in [2.75, 3.05) is 37.6 Å². The Bertz CT molecular complexity index is 705. The largest absolute Gasteiger partial charge is 0.356 e. The van der Waals surface area contributed by atoms with Crippen LogP contribution in [0.2, 0.25) is 0 Å². The molecule has 6 nitrogen and oxygen atoms in total. The van der Waals surface area contributed by atoms with Crippen LogP contribution >= 0.6 is 0 Å². The number of rotatable bonds is 1. The Hall–Kier alpha value is -1.69. The molecule has 25 heavy (non-hydrogen) atoms. The molecule has 1 aromatic heterocycles. The standard InChI is InChI=1S/C19H27N5O/c1-12-21-17-15(5-6-20-19(17)25)18(22-12)24-10-13-8-14(11-24)16-4-2-3-7-23(16)9-13/h13-14,16H,2-11H2,1H3,(H,20,25)/t13-,14+,16-/m0/s1. The lowest BCUT2D eigenvalue weighted by Gasteiger charge is -2.53. The summed E-state index contributed by atoms with van der Waals surface area (Å²) < 4.78 is 0. The van der Waals surface area contributed by atoms with Gasteiger partial charge in [-0.15, -0.1) is 0 Å². The van der Waals surface area contributed by atoms with Crippen LogP contribution in [0.1, 0.15) is 47.6 Å². The number of hydrogen-bond donors (Lipinski definition) is 1. The summed E-state index contributed by atoms with van der Waals surface area (Å²) in [4.78, 5) is 26.7. The molecule has 0 radical (unpaired) electrons. The molecular formula is C19H27N5O. The average Bonchev–Trinajstić information content (AvgIpc) is 2.62. The molecule has 3 fully saturated rings. The van der Waals surface area contributed by atoms with E-state index in [9.17, 15) is 4.79 Å². The summed E-state index contributed by atoms with van der Waals surface area (Å²) in [5.74, 6) is 3.19. The van der Waals surface area contributed by atoms with Gasteiger partial charge in [0.1, 0.15) is 17.3 Å². The Labute approximate surface area is 149 Å². The fourth-order valence-electron chi connectivity index (χ4n) is 5.58. The van der Waals surface area contributed by atoms with Crippen molar-refractivity contribution in [3.8, 4) is 0 Å². The first kappa shape index (κ1) is 15.6. The van der Waals surface area contributed by atoms with Gasteiger partial charge in [0.25, 0.3) is 5.91 Å². The number of carbonyl (C=O) groups excluding carboxylic acids is 1. The maximum atomic E-state index is 12.2. The maximum absolute atomic E-state index is 12.2. The molecule has 3 saturated heterocycles. The van der Waals surface area contributed by atoms with E-state index in [0.29, 0.717) is 18.1 Å². The van der Waals surface area contributed by atoms with Crippen molar-refractivity contribution in [2.24, 2.45) is 11.8 Å². The van der Waals surface area contributed by atoms with Gasteiger partial charge in [-0.25, -0.2) is 9.97 Å². The van der Waals surface area contributed by atoms with E-state index in [2.05, 4.69) is 20.1 Å². The molecule has 5 heterocycles. The monoisotopic (exact) mass is 341 g/mol. The lowest BCUT2D eigenvalue weighted by molar-refractivity contribution is 0.0184. The lowest BCUT2D eigenvalue weighted by atomic mass is 9.76. The molecular weight excluding hydrogens is 314 g/mol. The van der Waals surface area contributed by atoms with Gasteiger partial charge in [0.15, 0.2) is 0 Å². The van der Waals surface area contributed by atoms with E-state index in [1.165, 1.54) is 38.8 Å². The number of nitrogens with zero attached hydrogens (tertiary/aromatic N) is 4. The summed E-state index contributed by atoms with van der Waals surface area (Å²) in [7, 11) is 0. The van der Waals surface area contributed by atoms with Crippen molar-refractivity contribution >= 4 is 11.7 Å². The smallest absolute Gasteiger partial charge is 0.270 e. The molecule has 4 aliphatic heterocycles. The summed E-state index contributed by atoms with van der Waals surface area (Å²) in [6.07, 6.45) is 6.31. The predicted octanol–water partition coefficient (Wildman–Crippen LogP) is 1.38. The molecule has 0 spiro atoms. The third kappa shape index (κ3) is 2.62. The minimum atomic E-state index is -0.0383. The van der Waals surface area contributed by atoms with Crippen molar-refractivity contribution in [3.05, 3.63) is 17.1 Å². The van der Waals surface area contributed by atoms with Gasteiger partial charge in [0.05, 0.1) is 0 Å². The quantitative estimate of drug-likeness (QED) is 0.836. The molecule has 0 aliphatic carbocycles. The highest BCUT2D eigenvalue weighted by atomic mass is 16.1. The summed E-state index contributed by atoms with van der Waals surface area (Å²) in [6.45, 7) is 7.29. The first-order chi connectivity index (χ1) is 12.2. The number of piperidine rings is 3. The number of aryl methyl sites for hydroxylation is 1. The zero-order valence-electron chi connectivity index (χ0n) is 15.0. The Kier molecular flexibility index (Phi) is 3.69. The third-order valence-electron chi connectivity index (χ3n) is 6.54. The molecule has 1 aromatic rings. The molecule has 1 amide bonds. The van der Waals surface area contributed by atoms with Crippen LogP contribution in [0.25, 0.3) is 0 Å². The third-order valence-corrected chi connectivity index (χ3v) is 6.54. The van der Waals surface area contributed by atoms with Gasteiger partial charge >= 0.3 is 0 Å². The summed E-state index contributed by atoms with van der Waals surface area (Å²) in [5, 5.41) is 2.92. The molecule has 3 atom stereocenters. The van der Waals surface area contributed by atoms with E-state index in [-0.39, 0.29) is 5.91 Å². The van der Waals surface area contributed by atoms with E-state index >= 15 is 0 Å². The van der Waals surface area contributed by atoms with Crippen molar-refractivity contribution in [3.63, 3.8) is 0 Å². The van der Waals surface area contributed by atoms with Crippen molar-refractivity contribution in [1.82, 2.24) is 20.2 Å². The molecule has 2 bridgehead atoms. The molecule has 4 aliphatic rings. The summed E-state index contributed by atoms with van der Waals surface area (Å²) >= 11 is 0. The number of anilines is 1. The Morgan fingerprint density at radius 1 is 1.16 bits per heavy atom. The molecule has 0 aromatic carbocycles. The van der Waals surface area contributed by atoms with Gasteiger partial charge in [-0.05, 0) is 51.0 Å². The van der Waals surface area contributed by atoms with Gasteiger partial charge in [0, 0.05) is 37.8 Å². The average molecular weight is 341 g/mol. The first-order valence-corrected chi connectivity index (χ1v) is 9.84. The van der Waals surface area contributed by atoms with E-state index < -0.39 is 0 Å². The minimum absolute atomic E-state index is 0.0383. The number of carbonyl (C=O) groups is 1. The topological polar surface area (TPSA) is 61.4 Å². The van der Waals surface area contributed by atoms with Gasteiger partial charge in [-0.1, -0.05) is 6.42 Å². The van der Waals surface area contributed by atoms with Crippen LogP contribution in [0.15, 0.2) is 0 Å². The molecule has 5 rings (SSSR count). The van der Waals surface area contributed by atoms with Crippen LogP contribution in [0.3, 0.4) is 0 Å². The molecule has 1 N–H and O–H groups in total. The fourth-order valence-corrected chi connectivity index (χ4v) is 5.58. The Morgan fingerprint density at radius 3 is 3.00 bits per heavy atom. The number of amides is 1. The van der Waals surface area contributed by atoms with E-state index in [1.54, 1.807) is 0 Å². The normalized spacial score (nSPS) is 32.0. The minimum Gasteiger partial charge on any atom is -0.356 e. The van der Waals surface area contributed by atoms with Crippen LogP contribution in [0.4, 0.5) is 5.82 Å². The van der Waals surface area contributed by atoms with Crippen LogP contribution in [-0.4, -0.2) is 59.5 Å². The second-order valence-electron chi connectivity index (χ2n) is 8.25. The van der Waals surface area contributed by atoms with E-state index in [4.69, 9.17) is 4.98 Å². The van der Waals surface area contributed by atoms with Crippen molar-refractivity contribution < 1.29 is 4.79 Å². The van der Waals surface area contributed by atoms with Crippen LogP contribution < -0.4 is 10.2 Å². The number of nitrogens with one attached hydrogen (secondary N) is 1. The number of fused-ring (bicyclic) bond motifs is 5. The van der Waals surface area contributed by atoms with Crippen LogP contribution in [0.5, 0.6) is 0 Å². The summed E-state index contributed by atoms with van der Waals surface area (Å²) in [5.41, 5.74) is 1.67. The molecule has 0 saturated carbocycles. The van der Waals surface area contributed by atoms with Gasteiger partial charge in [-0.2, -0.15) is 0 Å². The highest BCUT2D eigenvalue weighted by Gasteiger charge is 2.42. The number of hydrogen-bond acceptors (Lipinski definition) is 5. The zero-order chi connectivity index (χ0) is 17.0. The molecule has 0 unspecified atom stereocenters. The van der Waals surface area contributed by atoms with Crippen LogP contribution in [-0.2, 0) is 6.42 Å². The highest BCUT2D eigenvalue weighted by Crippen LogP contribution is 2.39. The van der Waals surface area contributed by atoms with E-state index in [1.807, 2.05) is 6.92 Å². The SMILES string of the molecule is Cc1nc2c(c(N3C[C@H]4C[C@H](C3)[C@@H]3CCCCN3C4)n1)CCNC2=O. The van der Waals surface area contributed by atoms with Crippen molar-refractivity contribution in [2.45, 2.75) is 45.1 Å². The predicted molar refractivity (Wildman–Crippen MR) is 95.8 cm³/mol. The lowest BCUT2D eigenvalue weighted by Crippen LogP contribution is -2.59. The van der Waals surface area contributed by atoms with Gasteiger partial charge in [0.2, 0.25) is 0 Å². The molecule has 134 valence electrons. The van der Waals surface area contributed by atoms with Gasteiger partial charge in [-0.3, -0.25) is 9.69 Å². The maximum Gasteiger partial charge on any atom is 0.270 e. The van der Waals surface area contributed by atoms with Crippen LogP contribution in [0, 0.1) is 18.8 Å². The van der Waals surface area contributed by atoms with E-state index in [0.717, 1.165) is 48.8 Å². The Morgan fingerprint density at radius 2 is 2.08 bits per heavy atom. The number of aromatic nitrogens is 2. The summed E-state index contributed by atoms with van der Waals surface area (Å²) in [6, 6.07) is 0.759. The second-order valence-corrected chi connectivity index (χ2v) is 8.25. The Balaban J connectivity index is 1.48. The van der Waals surface area contributed by atoms with Crippen molar-refractivity contribution in [1.29, 1.82) is 0 Å². The first-order valence-electron chi connectivity index (χ1n) is 9.84. The highest BCUT2D eigenvalue weighted by molar-refractivity contribution is 5.96.